The van der Waals surface area contributed by atoms with Gasteiger partial charge in [-0.3, -0.25) is 0 Å². The molecule has 39 heavy (non-hydrogen) atoms. The zero-order chi connectivity index (χ0) is 28.4. The molecule has 6 rings (SSSR count). The van der Waals surface area contributed by atoms with Crippen LogP contribution in [0.1, 0.15) is 37.3 Å². The van der Waals surface area contributed by atoms with E-state index >= 15 is 8.78 Å². The van der Waals surface area contributed by atoms with E-state index in [1.807, 2.05) is 0 Å². The molecule has 2 aromatic carbocycles. The van der Waals surface area contributed by atoms with E-state index < -0.39 is 64.5 Å². The largest absolute Gasteiger partial charge is 0.488 e. The number of alkyl halides is 5. The van der Waals surface area contributed by atoms with Gasteiger partial charge in [0.1, 0.15) is 29.8 Å². The number of aliphatic hydroxyl groups is 2. The summed E-state index contributed by atoms with van der Waals surface area (Å²) in [6.07, 6.45) is -8.30. The molecule has 3 aliphatic carbocycles. The molecule has 2 bridgehead atoms. The minimum atomic E-state index is -4.85. The van der Waals surface area contributed by atoms with E-state index in [-0.39, 0.29) is 25.0 Å². The van der Waals surface area contributed by atoms with Crippen LogP contribution in [0.3, 0.4) is 0 Å². The van der Waals surface area contributed by atoms with Crippen molar-refractivity contribution in [1.29, 1.82) is 0 Å². The normalized spacial score (nSPS) is 25.7. The number of tetrazole rings is 1. The Morgan fingerprint density at radius 3 is 2.21 bits per heavy atom. The fourth-order valence-corrected chi connectivity index (χ4v) is 5.96. The number of hydrogen-bond donors (Lipinski definition) is 2. The van der Waals surface area contributed by atoms with Crippen molar-refractivity contribution in [2.75, 3.05) is 0 Å². The van der Waals surface area contributed by atoms with Crippen molar-refractivity contribution in [2.24, 2.45) is 5.41 Å². The van der Waals surface area contributed by atoms with Crippen LogP contribution in [-0.4, -0.2) is 54.7 Å². The van der Waals surface area contributed by atoms with E-state index in [1.165, 1.54) is 12.1 Å². The minimum Gasteiger partial charge on any atom is -0.488 e. The Balaban J connectivity index is 1.36. The number of aromatic nitrogens is 4. The quantitative estimate of drug-likeness (QED) is 0.380. The SMILES string of the molecule is CC(Oc1ccc(C23CC(C(F)(F)[C@](O)(Cn4cnnn4)c4ccc(F)cc4F)(C2)C3)cc1)C(O)C(F)(F)F. The molecule has 7 nitrogen and oxygen atoms in total. The summed E-state index contributed by atoms with van der Waals surface area (Å²) in [5.74, 6) is -6.17. The lowest BCUT2D eigenvalue weighted by Gasteiger charge is -2.74. The molecule has 0 amide bonds. The molecule has 1 aromatic heterocycles. The van der Waals surface area contributed by atoms with Gasteiger partial charge in [-0.25, -0.2) is 22.2 Å². The maximum atomic E-state index is 16.2. The van der Waals surface area contributed by atoms with Gasteiger partial charge < -0.3 is 14.9 Å². The van der Waals surface area contributed by atoms with Gasteiger partial charge in [-0.1, -0.05) is 12.1 Å². The molecule has 0 aliphatic heterocycles. The first kappa shape index (κ1) is 27.3. The van der Waals surface area contributed by atoms with Crippen LogP contribution in [0.4, 0.5) is 30.7 Å². The Labute approximate surface area is 217 Å². The lowest BCUT2D eigenvalue weighted by molar-refractivity contribution is -0.347. The summed E-state index contributed by atoms with van der Waals surface area (Å²) in [5.41, 5.74) is -5.62. The Morgan fingerprint density at radius 2 is 1.67 bits per heavy atom. The van der Waals surface area contributed by atoms with Crippen LogP contribution in [0.15, 0.2) is 48.8 Å². The highest BCUT2D eigenvalue weighted by molar-refractivity contribution is 5.44. The van der Waals surface area contributed by atoms with Crippen molar-refractivity contribution in [3.63, 3.8) is 0 Å². The molecule has 210 valence electrons. The zero-order valence-corrected chi connectivity index (χ0v) is 20.3. The Kier molecular flexibility index (Phi) is 6.22. The lowest BCUT2D eigenvalue weighted by atomic mass is 9.30. The standard InChI is InChI=1S/C25H23F7N4O3/c1-14(20(37)24(28,29)30)39-17-5-2-15(3-6-17)21-9-22(10-21,11-21)25(31,32)23(38,12-36-13-33-34-35-36)18-7-4-16(26)8-19(18)27/h2-8,13-14,20,37-38H,9-12H2,1H3/t14?,20?,21?,22?,23-/m0/s1. The molecule has 14 heteroatoms. The molecule has 3 saturated carbocycles. The van der Waals surface area contributed by atoms with Crippen LogP contribution in [0.2, 0.25) is 0 Å². The molecule has 0 radical (unpaired) electrons. The summed E-state index contributed by atoms with van der Waals surface area (Å²) in [6, 6.07) is 7.86. The van der Waals surface area contributed by atoms with Crippen LogP contribution in [0.25, 0.3) is 0 Å². The van der Waals surface area contributed by atoms with Crippen LogP contribution in [0.5, 0.6) is 5.75 Å². The van der Waals surface area contributed by atoms with Gasteiger partial charge in [0, 0.05) is 17.0 Å². The summed E-state index contributed by atoms with van der Waals surface area (Å²) in [7, 11) is 0. The molecule has 2 N–H and O–H groups in total. The Hall–Kier alpha value is -3.26. The number of halogens is 7. The average molecular weight is 560 g/mol. The maximum absolute atomic E-state index is 16.2. The lowest BCUT2D eigenvalue weighted by Crippen LogP contribution is -2.76. The molecule has 3 aliphatic rings. The smallest absolute Gasteiger partial charge is 0.418 e. The fourth-order valence-electron chi connectivity index (χ4n) is 5.96. The van der Waals surface area contributed by atoms with Gasteiger partial charge in [0.25, 0.3) is 5.92 Å². The molecular formula is C25H23F7N4O3. The van der Waals surface area contributed by atoms with Crippen LogP contribution < -0.4 is 4.74 Å². The third kappa shape index (κ3) is 4.24. The summed E-state index contributed by atoms with van der Waals surface area (Å²) in [4.78, 5) is 0. The molecule has 3 fully saturated rings. The summed E-state index contributed by atoms with van der Waals surface area (Å²) in [5, 5.41) is 31.0. The second kappa shape index (κ2) is 8.88. The number of nitrogens with zero attached hydrogens (tertiary/aromatic N) is 4. The minimum absolute atomic E-state index is 0.0584. The summed E-state index contributed by atoms with van der Waals surface area (Å²) in [6.45, 7) is 0.178. The molecule has 0 spiro atoms. The van der Waals surface area contributed by atoms with E-state index in [2.05, 4.69) is 15.5 Å². The summed E-state index contributed by atoms with van der Waals surface area (Å²) < 4.78 is 105. The monoisotopic (exact) mass is 560 g/mol. The van der Waals surface area contributed by atoms with Crippen molar-refractivity contribution in [2.45, 2.75) is 68.1 Å². The van der Waals surface area contributed by atoms with Gasteiger partial charge in [0.15, 0.2) is 11.7 Å². The third-order valence-electron chi connectivity index (χ3n) is 7.94. The Morgan fingerprint density at radius 1 is 1.03 bits per heavy atom. The number of hydrogen-bond acceptors (Lipinski definition) is 6. The van der Waals surface area contributed by atoms with Crippen molar-refractivity contribution in [3.8, 4) is 5.75 Å². The fraction of sp³-hybridized carbons (Fsp3) is 0.480. The second-order valence-corrected chi connectivity index (χ2v) is 10.5. The molecule has 1 heterocycles. The molecular weight excluding hydrogens is 537 g/mol. The maximum Gasteiger partial charge on any atom is 0.418 e. The van der Waals surface area contributed by atoms with E-state index in [0.29, 0.717) is 11.6 Å². The van der Waals surface area contributed by atoms with Crippen molar-refractivity contribution in [1.82, 2.24) is 20.2 Å². The van der Waals surface area contributed by atoms with Crippen LogP contribution in [0, 0.1) is 17.0 Å². The van der Waals surface area contributed by atoms with Gasteiger partial charge in [-0.05, 0) is 71.9 Å². The summed E-state index contributed by atoms with van der Waals surface area (Å²) >= 11 is 0. The van der Waals surface area contributed by atoms with Gasteiger partial charge in [0.2, 0.25) is 0 Å². The van der Waals surface area contributed by atoms with Crippen LogP contribution in [-0.2, 0) is 17.6 Å². The van der Waals surface area contributed by atoms with Gasteiger partial charge in [-0.15, -0.1) is 5.10 Å². The van der Waals surface area contributed by atoms with E-state index in [0.717, 1.165) is 30.1 Å². The number of benzene rings is 2. The van der Waals surface area contributed by atoms with Crippen LogP contribution >= 0.6 is 0 Å². The van der Waals surface area contributed by atoms with Gasteiger partial charge in [-0.2, -0.15) is 13.2 Å². The van der Waals surface area contributed by atoms with E-state index in [4.69, 9.17) is 4.74 Å². The predicted octanol–water partition coefficient (Wildman–Crippen LogP) is 4.29. The topological polar surface area (TPSA) is 93.3 Å². The molecule has 3 aromatic rings. The van der Waals surface area contributed by atoms with Gasteiger partial charge >= 0.3 is 6.18 Å². The first-order valence-electron chi connectivity index (χ1n) is 11.9. The number of ether oxygens (including phenoxy) is 1. The van der Waals surface area contributed by atoms with Crippen molar-refractivity contribution < 1.29 is 45.7 Å². The second-order valence-electron chi connectivity index (χ2n) is 10.5. The highest BCUT2D eigenvalue weighted by Crippen LogP contribution is 2.80. The highest BCUT2D eigenvalue weighted by Gasteiger charge is 2.82. The number of rotatable bonds is 9. The molecule has 2 unspecified atom stereocenters. The predicted molar refractivity (Wildman–Crippen MR) is 120 cm³/mol. The first-order valence-corrected chi connectivity index (χ1v) is 11.9. The Bertz CT molecular complexity index is 1330. The zero-order valence-electron chi connectivity index (χ0n) is 20.3. The van der Waals surface area contributed by atoms with Crippen molar-refractivity contribution in [3.05, 3.63) is 71.6 Å². The first-order chi connectivity index (χ1) is 18.1. The van der Waals surface area contributed by atoms with Gasteiger partial charge in [0.05, 0.1) is 6.54 Å². The number of aliphatic hydroxyl groups excluding tert-OH is 1. The van der Waals surface area contributed by atoms with E-state index in [9.17, 15) is 32.2 Å². The average Bonchev–Trinajstić information content (AvgIpc) is 3.29. The van der Waals surface area contributed by atoms with Crippen molar-refractivity contribution >= 4 is 0 Å². The molecule has 3 atom stereocenters. The third-order valence-corrected chi connectivity index (χ3v) is 7.94. The molecule has 0 saturated heterocycles. The highest BCUT2D eigenvalue weighted by atomic mass is 19.4. The van der Waals surface area contributed by atoms with E-state index in [1.54, 1.807) is 12.1 Å².